The van der Waals surface area contributed by atoms with Gasteiger partial charge < -0.3 is 5.32 Å². The number of carbonyl (C=O) groups excluding carboxylic acids is 1. The lowest BCUT2D eigenvalue weighted by molar-refractivity contribution is 0.0920. The summed E-state index contributed by atoms with van der Waals surface area (Å²) < 4.78 is 1.80. The minimum Gasteiger partial charge on any atom is -0.348 e. The average Bonchev–Trinajstić information content (AvgIpc) is 3.15. The van der Waals surface area contributed by atoms with Gasteiger partial charge in [-0.25, -0.2) is 4.68 Å². The third kappa shape index (κ3) is 3.86. The molecule has 1 heterocycles. The summed E-state index contributed by atoms with van der Waals surface area (Å²) in [5.41, 5.74) is 5.67. The molecule has 0 unspecified atom stereocenters. The van der Waals surface area contributed by atoms with Gasteiger partial charge in [0.05, 0.1) is 11.4 Å². The van der Waals surface area contributed by atoms with Crippen molar-refractivity contribution in [2.24, 2.45) is 0 Å². The minimum absolute atomic E-state index is 0.0402. The molecule has 3 aromatic rings. The number of aryl methyl sites for hydroxylation is 2. The van der Waals surface area contributed by atoms with Crippen molar-refractivity contribution in [2.75, 3.05) is 0 Å². The van der Waals surface area contributed by atoms with E-state index in [0.29, 0.717) is 5.69 Å². The Bertz CT molecular complexity index is 969. The first kappa shape index (κ1) is 18.5. The van der Waals surface area contributed by atoms with Gasteiger partial charge in [0, 0.05) is 11.6 Å². The predicted octanol–water partition coefficient (Wildman–Crippen LogP) is 5.22. The van der Waals surface area contributed by atoms with Crippen LogP contribution in [0.4, 0.5) is 0 Å². The maximum absolute atomic E-state index is 13.2. The standard InChI is InChI=1S/C24H27N3O/c1-17-13-14-22(18(2)15-17)27-23(24(28)25-20-11-7-4-8-12-20)16-21(26-27)19-9-5-3-6-10-19/h3,5-6,9-10,13-16,20H,4,7-8,11-12H2,1-2H3,(H,25,28). The zero-order chi connectivity index (χ0) is 19.5. The van der Waals surface area contributed by atoms with Crippen LogP contribution in [0.15, 0.2) is 54.6 Å². The molecule has 1 saturated carbocycles. The van der Waals surface area contributed by atoms with Crippen molar-refractivity contribution < 1.29 is 4.79 Å². The summed E-state index contributed by atoms with van der Waals surface area (Å²) in [5.74, 6) is -0.0402. The van der Waals surface area contributed by atoms with E-state index in [0.717, 1.165) is 35.3 Å². The largest absolute Gasteiger partial charge is 0.348 e. The Morgan fingerprint density at radius 2 is 1.75 bits per heavy atom. The van der Waals surface area contributed by atoms with Gasteiger partial charge >= 0.3 is 0 Å². The lowest BCUT2D eigenvalue weighted by Crippen LogP contribution is -2.37. The van der Waals surface area contributed by atoms with Gasteiger partial charge in [-0.1, -0.05) is 67.3 Å². The monoisotopic (exact) mass is 373 g/mol. The van der Waals surface area contributed by atoms with Gasteiger partial charge in [-0.15, -0.1) is 0 Å². The zero-order valence-electron chi connectivity index (χ0n) is 16.6. The Hall–Kier alpha value is -2.88. The van der Waals surface area contributed by atoms with Crippen LogP contribution in [-0.2, 0) is 0 Å². The summed E-state index contributed by atoms with van der Waals surface area (Å²) in [6.45, 7) is 4.14. The van der Waals surface area contributed by atoms with Crippen LogP contribution in [0.1, 0.15) is 53.7 Å². The van der Waals surface area contributed by atoms with E-state index in [2.05, 4.69) is 31.3 Å². The lowest BCUT2D eigenvalue weighted by atomic mass is 9.95. The number of amides is 1. The summed E-state index contributed by atoms with van der Waals surface area (Å²) in [7, 11) is 0. The number of hydrogen-bond acceptors (Lipinski definition) is 2. The Labute approximate surface area is 166 Å². The molecule has 0 spiro atoms. The molecule has 1 aromatic heterocycles. The van der Waals surface area contributed by atoms with Gasteiger partial charge in [0.15, 0.2) is 0 Å². The number of rotatable bonds is 4. The van der Waals surface area contributed by atoms with Crippen molar-refractivity contribution in [2.45, 2.75) is 52.0 Å². The third-order valence-corrected chi connectivity index (χ3v) is 5.53. The normalized spacial score (nSPS) is 14.8. The quantitative estimate of drug-likeness (QED) is 0.682. The Morgan fingerprint density at radius 1 is 1.00 bits per heavy atom. The molecule has 0 atom stereocenters. The molecule has 4 heteroatoms. The van der Waals surface area contributed by atoms with Crippen LogP contribution in [0.5, 0.6) is 0 Å². The molecule has 144 valence electrons. The molecule has 4 nitrogen and oxygen atoms in total. The van der Waals surface area contributed by atoms with Crippen molar-refractivity contribution in [3.05, 3.63) is 71.4 Å². The molecule has 1 amide bonds. The van der Waals surface area contributed by atoms with Crippen LogP contribution < -0.4 is 5.32 Å². The molecule has 1 aliphatic carbocycles. The highest BCUT2D eigenvalue weighted by atomic mass is 16.2. The fourth-order valence-electron chi connectivity index (χ4n) is 4.03. The number of benzene rings is 2. The topological polar surface area (TPSA) is 46.9 Å². The SMILES string of the molecule is Cc1ccc(-n2nc(-c3ccccc3)cc2C(=O)NC2CCCCC2)c(C)c1. The average molecular weight is 374 g/mol. The number of aromatic nitrogens is 2. The Kier molecular flexibility index (Phi) is 5.29. The van der Waals surface area contributed by atoms with E-state index >= 15 is 0 Å². The molecule has 2 aromatic carbocycles. The molecule has 4 rings (SSSR count). The number of nitrogens with one attached hydrogen (secondary N) is 1. The maximum atomic E-state index is 13.2. The van der Waals surface area contributed by atoms with Crippen LogP contribution in [-0.4, -0.2) is 21.7 Å². The van der Waals surface area contributed by atoms with E-state index in [9.17, 15) is 4.79 Å². The van der Waals surface area contributed by atoms with Crippen molar-refractivity contribution in [3.63, 3.8) is 0 Å². The summed E-state index contributed by atoms with van der Waals surface area (Å²) in [6, 6.07) is 18.4. The lowest BCUT2D eigenvalue weighted by Gasteiger charge is -2.23. The fraction of sp³-hybridized carbons (Fsp3) is 0.333. The van der Waals surface area contributed by atoms with Gasteiger partial charge in [-0.05, 0) is 44.4 Å². The van der Waals surface area contributed by atoms with Crippen molar-refractivity contribution in [1.82, 2.24) is 15.1 Å². The molecule has 28 heavy (non-hydrogen) atoms. The molecule has 0 saturated heterocycles. The first-order valence-electron chi connectivity index (χ1n) is 10.2. The van der Waals surface area contributed by atoms with Crippen LogP contribution >= 0.6 is 0 Å². The second-order valence-corrected chi connectivity index (χ2v) is 7.79. The highest BCUT2D eigenvalue weighted by Crippen LogP contribution is 2.25. The van der Waals surface area contributed by atoms with Crippen molar-refractivity contribution in [1.29, 1.82) is 0 Å². The molecule has 1 N–H and O–H groups in total. The first-order valence-corrected chi connectivity index (χ1v) is 10.2. The molecule has 0 bridgehead atoms. The van der Waals surface area contributed by atoms with E-state index in [1.807, 2.05) is 42.5 Å². The minimum atomic E-state index is -0.0402. The zero-order valence-corrected chi connectivity index (χ0v) is 16.6. The third-order valence-electron chi connectivity index (χ3n) is 5.53. The fourth-order valence-corrected chi connectivity index (χ4v) is 4.03. The van der Waals surface area contributed by atoms with Gasteiger partial charge in [0.25, 0.3) is 5.91 Å². The highest BCUT2D eigenvalue weighted by molar-refractivity contribution is 5.94. The Morgan fingerprint density at radius 3 is 2.46 bits per heavy atom. The van der Waals surface area contributed by atoms with Crippen molar-refractivity contribution in [3.8, 4) is 16.9 Å². The molecular formula is C24H27N3O. The molecule has 0 aliphatic heterocycles. The first-order chi connectivity index (χ1) is 13.6. The Balaban J connectivity index is 1.74. The smallest absolute Gasteiger partial charge is 0.270 e. The molecular weight excluding hydrogens is 346 g/mol. The summed E-state index contributed by atoms with van der Waals surface area (Å²) in [4.78, 5) is 13.2. The second kappa shape index (κ2) is 8.01. The van der Waals surface area contributed by atoms with E-state index in [1.54, 1.807) is 4.68 Å². The van der Waals surface area contributed by atoms with E-state index in [1.165, 1.54) is 24.8 Å². The predicted molar refractivity (Wildman–Crippen MR) is 113 cm³/mol. The van der Waals surface area contributed by atoms with Crippen LogP contribution in [0, 0.1) is 13.8 Å². The van der Waals surface area contributed by atoms with Crippen LogP contribution in [0.25, 0.3) is 16.9 Å². The number of hydrogen-bond donors (Lipinski definition) is 1. The van der Waals surface area contributed by atoms with Crippen LogP contribution in [0.2, 0.25) is 0 Å². The van der Waals surface area contributed by atoms with Gasteiger partial charge in [0.2, 0.25) is 0 Å². The number of nitrogens with zero attached hydrogens (tertiary/aromatic N) is 2. The van der Waals surface area contributed by atoms with Gasteiger partial charge in [-0.2, -0.15) is 5.10 Å². The molecule has 1 aliphatic rings. The maximum Gasteiger partial charge on any atom is 0.270 e. The molecule has 0 radical (unpaired) electrons. The van der Waals surface area contributed by atoms with E-state index in [4.69, 9.17) is 5.10 Å². The van der Waals surface area contributed by atoms with Gasteiger partial charge in [0.1, 0.15) is 5.69 Å². The van der Waals surface area contributed by atoms with Gasteiger partial charge in [-0.3, -0.25) is 4.79 Å². The molecule has 1 fully saturated rings. The summed E-state index contributed by atoms with van der Waals surface area (Å²) >= 11 is 0. The van der Waals surface area contributed by atoms with Crippen LogP contribution in [0.3, 0.4) is 0 Å². The highest BCUT2D eigenvalue weighted by Gasteiger charge is 2.22. The second-order valence-electron chi connectivity index (χ2n) is 7.79. The summed E-state index contributed by atoms with van der Waals surface area (Å²) in [6.07, 6.45) is 5.78. The van der Waals surface area contributed by atoms with E-state index < -0.39 is 0 Å². The van der Waals surface area contributed by atoms with Crippen molar-refractivity contribution >= 4 is 5.91 Å². The number of carbonyl (C=O) groups is 1. The van der Waals surface area contributed by atoms with E-state index in [-0.39, 0.29) is 11.9 Å². The summed E-state index contributed by atoms with van der Waals surface area (Å²) in [5, 5.41) is 8.05.